The summed E-state index contributed by atoms with van der Waals surface area (Å²) in [6.07, 6.45) is 6.95. The Labute approximate surface area is 145 Å². The summed E-state index contributed by atoms with van der Waals surface area (Å²) in [6.45, 7) is 5.64. The van der Waals surface area contributed by atoms with Crippen molar-refractivity contribution in [3.05, 3.63) is 0 Å². The van der Waals surface area contributed by atoms with E-state index in [1.165, 1.54) is 12.8 Å². The quantitative estimate of drug-likeness (QED) is 0.788. The van der Waals surface area contributed by atoms with Crippen LogP contribution in [0.4, 0.5) is 0 Å². The number of carbonyl (C=O) groups is 1. The van der Waals surface area contributed by atoms with E-state index in [2.05, 4.69) is 23.8 Å². The van der Waals surface area contributed by atoms with Gasteiger partial charge in [0.1, 0.15) is 0 Å². The summed E-state index contributed by atoms with van der Waals surface area (Å²) in [5.74, 6) is 3.07. The maximum Gasteiger partial charge on any atom is 0.225 e. The highest BCUT2D eigenvalue weighted by Crippen LogP contribution is 2.41. The third kappa shape index (κ3) is 3.72. The fourth-order valence-corrected chi connectivity index (χ4v) is 5.70. The largest absolute Gasteiger partial charge is 0.380 e. The molecular formula is C18H32N2O2S. The number of nitrogens with zero attached hydrogens (tertiary/aromatic N) is 2. The molecule has 0 aromatic carbocycles. The molecule has 1 atom stereocenters. The van der Waals surface area contributed by atoms with Crippen molar-refractivity contribution in [1.82, 2.24) is 9.80 Å². The van der Waals surface area contributed by atoms with Crippen LogP contribution < -0.4 is 0 Å². The van der Waals surface area contributed by atoms with E-state index in [1.807, 2.05) is 11.8 Å². The van der Waals surface area contributed by atoms with Gasteiger partial charge in [-0.25, -0.2) is 0 Å². The molecule has 0 saturated carbocycles. The van der Waals surface area contributed by atoms with E-state index in [0.717, 1.165) is 63.5 Å². The lowest BCUT2D eigenvalue weighted by atomic mass is 9.84. The zero-order chi connectivity index (χ0) is 16.3. The molecule has 3 rings (SSSR count). The molecule has 0 aromatic heterocycles. The molecule has 0 unspecified atom stereocenters. The van der Waals surface area contributed by atoms with Gasteiger partial charge in [0, 0.05) is 37.2 Å². The predicted octanol–water partition coefficient (Wildman–Crippen LogP) is 2.62. The number of amides is 1. The first kappa shape index (κ1) is 17.6. The van der Waals surface area contributed by atoms with Gasteiger partial charge in [0.05, 0.1) is 6.61 Å². The Morgan fingerprint density at radius 3 is 2.52 bits per heavy atom. The van der Waals surface area contributed by atoms with Crippen LogP contribution in [0, 0.1) is 5.92 Å². The number of piperidine rings is 1. The molecule has 0 aromatic rings. The second-order valence-electron chi connectivity index (χ2n) is 7.40. The lowest BCUT2D eigenvalue weighted by Crippen LogP contribution is -2.54. The maximum absolute atomic E-state index is 12.7. The van der Waals surface area contributed by atoms with Crippen molar-refractivity contribution in [2.45, 2.75) is 57.0 Å². The predicted molar refractivity (Wildman–Crippen MR) is 95.9 cm³/mol. The molecule has 0 N–H and O–H groups in total. The van der Waals surface area contributed by atoms with E-state index in [9.17, 15) is 4.79 Å². The van der Waals surface area contributed by atoms with Gasteiger partial charge in [-0.1, -0.05) is 0 Å². The number of hydrogen-bond donors (Lipinski definition) is 0. The van der Waals surface area contributed by atoms with Gasteiger partial charge in [0.2, 0.25) is 5.91 Å². The lowest BCUT2D eigenvalue weighted by Gasteiger charge is -2.45. The Bertz CT molecular complexity index is 404. The average Bonchev–Trinajstić information content (AvgIpc) is 2.90. The van der Waals surface area contributed by atoms with Crippen LogP contribution in [0.5, 0.6) is 0 Å². The van der Waals surface area contributed by atoms with E-state index >= 15 is 0 Å². The monoisotopic (exact) mass is 340 g/mol. The van der Waals surface area contributed by atoms with Crippen molar-refractivity contribution in [2.75, 3.05) is 44.9 Å². The lowest BCUT2D eigenvalue weighted by molar-refractivity contribution is -0.138. The van der Waals surface area contributed by atoms with Crippen molar-refractivity contribution in [3.8, 4) is 0 Å². The van der Waals surface area contributed by atoms with Gasteiger partial charge in [0.15, 0.2) is 0 Å². The second-order valence-corrected chi connectivity index (χ2v) is 8.62. The summed E-state index contributed by atoms with van der Waals surface area (Å²) in [6, 6.07) is 0.563. The Kier molecular flexibility index (Phi) is 5.92. The van der Waals surface area contributed by atoms with Crippen LogP contribution in [0.2, 0.25) is 0 Å². The molecule has 3 aliphatic heterocycles. The minimum atomic E-state index is 0.303. The van der Waals surface area contributed by atoms with Gasteiger partial charge < -0.3 is 9.64 Å². The van der Waals surface area contributed by atoms with E-state index in [-0.39, 0.29) is 0 Å². The number of likely N-dealkylation sites (tertiary alicyclic amines) is 2. The van der Waals surface area contributed by atoms with Crippen LogP contribution in [0.1, 0.15) is 45.4 Å². The molecule has 1 spiro atoms. The van der Waals surface area contributed by atoms with Gasteiger partial charge >= 0.3 is 0 Å². The third-order valence-electron chi connectivity index (χ3n) is 6.33. The van der Waals surface area contributed by atoms with Crippen LogP contribution in [0.3, 0.4) is 0 Å². The number of rotatable bonds is 4. The second kappa shape index (κ2) is 7.75. The first-order chi connectivity index (χ1) is 11.2. The van der Waals surface area contributed by atoms with Crippen molar-refractivity contribution in [3.63, 3.8) is 0 Å². The molecule has 0 aliphatic carbocycles. The van der Waals surface area contributed by atoms with Crippen molar-refractivity contribution in [2.24, 2.45) is 5.92 Å². The molecule has 1 amide bonds. The zero-order valence-corrected chi connectivity index (χ0v) is 15.6. The van der Waals surface area contributed by atoms with Gasteiger partial charge in [0.25, 0.3) is 0 Å². The van der Waals surface area contributed by atoms with Crippen molar-refractivity contribution < 1.29 is 9.53 Å². The number of likely N-dealkylation sites (N-methyl/N-ethyl adjacent to an activating group) is 1. The first-order valence-electron chi connectivity index (χ1n) is 9.33. The number of thioether (sulfide) groups is 1. The topological polar surface area (TPSA) is 32.8 Å². The maximum atomic E-state index is 12.7. The fraction of sp³-hybridized carbons (Fsp3) is 0.944. The van der Waals surface area contributed by atoms with E-state index in [4.69, 9.17) is 4.74 Å². The van der Waals surface area contributed by atoms with Crippen molar-refractivity contribution in [1.29, 1.82) is 0 Å². The van der Waals surface area contributed by atoms with Crippen molar-refractivity contribution >= 4 is 17.7 Å². The summed E-state index contributed by atoms with van der Waals surface area (Å²) in [5.41, 5.74) is 0.320. The minimum absolute atomic E-state index is 0.303. The summed E-state index contributed by atoms with van der Waals surface area (Å²) in [7, 11) is 2.27. The molecule has 3 fully saturated rings. The van der Waals surface area contributed by atoms with Crippen LogP contribution in [0.25, 0.3) is 0 Å². The van der Waals surface area contributed by atoms with Gasteiger partial charge in [-0.2, -0.15) is 11.8 Å². The Morgan fingerprint density at radius 1 is 1.17 bits per heavy atom. The standard InChI is InChI=1S/C18H32N2O2S/c1-3-22-14-16-4-7-18(19(16)2)8-10-20(11-9-18)17(21)15-5-12-23-13-6-15/h15-16H,3-14H2,1-2H3/t16-/m0/s1. The van der Waals surface area contributed by atoms with Crippen LogP contribution in [0.15, 0.2) is 0 Å². The molecule has 3 saturated heterocycles. The van der Waals surface area contributed by atoms with Gasteiger partial charge in [-0.05, 0) is 64.0 Å². The van der Waals surface area contributed by atoms with Gasteiger partial charge in [-0.3, -0.25) is 9.69 Å². The van der Waals surface area contributed by atoms with Crippen LogP contribution in [-0.2, 0) is 9.53 Å². The van der Waals surface area contributed by atoms with E-state index in [1.54, 1.807) is 0 Å². The number of carbonyl (C=O) groups excluding carboxylic acids is 1. The highest BCUT2D eigenvalue weighted by Gasteiger charge is 2.46. The molecule has 3 aliphatic rings. The summed E-state index contributed by atoms with van der Waals surface area (Å²) >= 11 is 2.00. The number of hydrogen-bond acceptors (Lipinski definition) is 4. The molecule has 0 radical (unpaired) electrons. The van der Waals surface area contributed by atoms with Crippen LogP contribution >= 0.6 is 11.8 Å². The van der Waals surface area contributed by atoms with E-state index in [0.29, 0.717) is 23.4 Å². The molecule has 4 nitrogen and oxygen atoms in total. The molecule has 0 bridgehead atoms. The summed E-state index contributed by atoms with van der Waals surface area (Å²) in [4.78, 5) is 17.5. The SMILES string of the molecule is CCOC[C@@H]1CCC2(CCN(C(=O)C3CCSCC3)CC2)N1C. The Balaban J connectivity index is 1.52. The molecule has 132 valence electrons. The van der Waals surface area contributed by atoms with E-state index < -0.39 is 0 Å². The number of ether oxygens (including phenoxy) is 1. The first-order valence-corrected chi connectivity index (χ1v) is 10.5. The molecule has 5 heteroatoms. The zero-order valence-electron chi connectivity index (χ0n) is 14.8. The Morgan fingerprint density at radius 2 is 1.87 bits per heavy atom. The average molecular weight is 341 g/mol. The van der Waals surface area contributed by atoms with Gasteiger partial charge in [-0.15, -0.1) is 0 Å². The summed E-state index contributed by atoms with van der Waals surface area (Å²) in [5, 5.41) is 0. The van der Waals surface area contributed by atoms with Crippen LogP contribution in [-0.4, -0.2) is 72.1 Å². The molecule has 23 heavy (non-hydrogen) atoms. The molecular weight excluding hydrogens is 308 g/mol. The fourth-order valence-electron chi connectivity index (χ4n) is 4.59. The Hall–Kier alpha value is -0.260. The minimum Gasteiger partial charge on any atom is -0.380 e. The smallest absolute Gasteiger partial charge is 0.225 e. The molecule has 3 heterocycles. The third-order valence-corrected chi connectivity index (χ3v) is 7.38. The highest BCUT2D eigenvalue weighted by atomic mass is 32.2. The highest BCUT2D eigenvalue weighted by molar-refractivity contribution is 7.99. The normalized spacial score (nSPS) is 29.3. The summed E-state index contributed by atoms with van der Waals surface area (Å²) < 4.78 is 5.65.